The molecule has 0 unspecified atom stereocenters. The molecule has 1 heterocycles. The summed E-state index contributed by atoms with van der Waals surface area (Å²) >= 11 is 0. The van der Waals surface area contributed by atoms with Crippen LogP contribution in [0.2, 0.25) is 0 Å². The Bertz CT molecular complexity index is 651. The second-order valence-electron chi connectivity index (χ2n) is 4.22. The third-order valence-corrected chi connectivity index (χ3v) is 2.74. The van der Waals surface area contributed by atoms with Gasteiger partial charge in [-0.1, -0.05) is 0 Å². The fourth-order valence-electron chi connectivity index (χ4n) is 1.68. The van der Waals surface area contributed by atoms with E-state index in [-0.39, 0.29) is 5.56 Å². The van der Waals surface area contributed by atoms with Gasteiger partial charge in [0.2, 0.25) is 0 Å². The quantitative estimate of drug-likeness (QED) is 0.839. The third-order valence-electron chi connectivity index (χ3n) is 2.74. The van der Waals surface area contributed by atoms with Crippen LogP contribution in [0.1, 0.15) is 11.1 Å². The van der Waals surface area contributed by atoms with Gasteiger partial charge >= 0.3 is 0 Å². The average molecular weight is 254 g/mol. The highest BCUT2D eigenvalue weighted by molar-refractivity contribution is 5.34. The zero-order valence-electron chi connectivity index (χ0n) is 10.7. The van der Waals surface area contributed by atoms with Crippen molar-refractivity contribution >= 4 is 0 Å². The van der Waals surface area contributed by atoms with Crippen molar-refractivity contribution in [3.05, 3.63) is 64.1 Å². The standard InChI is InChI=1S/C15H14N2O2/c1-12-6-7-17(15(18)10-12)8-9-19-14-4-2-13(11-16)3-5-14/h2-7,10H,8-9H2,1H3. The van der Waals surface area contributed by atoms with Crippen LogP contribution in [-0.4, -0.2) is 11.2 Å². The van der Waals surface area contributed by atoms with Crippen molar-refractivity contribution in [2.75, 3.05) is 6.61 Å². The highest BCUT2D eigenvalue weighted by Crippen LogP contribution is 2.11. The number of nitrogens with zero attached hydrogens (tertiary/aromatic N) is 2. The average Bonchev–Trinajstić information content (AvgIpc) is 2.42. The van der Waals surface area contributed by atoms with Gasteiger partial charge in [-0.25, -0.2) is 0 Å². The van der Waals surface area contributed by atoms with Crippen LogP contribution in [0.4, 0.5) is 0 Å². The molecule has 96 valence electrons. The predicted octanol–water partition coefficient (Wildman–Crippen LogP) is 2.11. The minimum atomic E-state index is -0.0246. The van der Waals surface area contributed by atoms with Crippen molar-refractivity contribution in [2.24, 2.45) is 0 Å². The van der Waals surface area contributed by atoms with E-state index in [1.54, 1.807) is 41.1 Å². The minimum Gasteiger partial charge on any atom is -0.492 e. The summed E-state index contributed by atoms with van der Waals surface area (Å²) in [5.74, 6) is 0.694. The number of ether oxygens (including phenoxy) is 1. The molecule has 0 radical (unpaired) electrons. The Morgan fingerprint density at radius 3 is 2.63 bits per heavy atom. The van der Waals surface area contributed by atoms with E-state index in [0.717, 1.165) is 5.56 Å². The highest BCUT2D eigenvalue weighted by Gasteiger charge is 1.98. The van der Waals surface area contributed by atoms with Gasteiger partial charge in [-0.05, 0) is 42.8 Å². The molecule has 0 saturated carbocycles. The van der Waals surface area contributed by atoms with Crippen LogP contribution < -0.4 is 10.3 Å². The molecular formula is C15H14N2O2. The molecule has 0 bridgehead atoms. The molecule has 0 fully saturated rings. The van der Waals surface area contributed by atoms with Crippen molar-refractivity contribution in [3.63, 3.8) is 0 Å². The van der Waals surface area contributed by atoms with Crippen LogP contribution in [0, 0.1) is 18.3 Å². The molecule has 0 amide bonds. The number of hydrogen-bond acceptors (Lipinski definition) is 3. The van der Waals surface area contributed by atoms with Crippen molar-refractivity contribution in [3.8, 4) is 11.8 Å². The molecule has 4 heteroatoms. The predicted molar refractivity (Wildman–Crippen MR) is 72.1 cm³/mol. The van der Waals surface area contributed by atoms with E-state index in [9.17, 15) is 4.79 Å². The number of hydrogen-bond donors (Lipinski definition) is 0. The van der Waals surface area contributed by atoms with Gasteiger partial charge in [0, 0.05) is 12.3 Å². The van der Waals surface area contributed by atoms with Gasteiger partial charge in [0.05, 0.1) is 18.2 Å². The first-order valence-corrected chi connectivity index (χ1v) is 5.99. The van der Waals surface area contributed by atoms with Crippen LogP contribution in [0.25, 0.3) is 0 Å². The second-order valence-corrected chi connectivity index (χ2v) is 4.22. The van der Waals surface area contributed by atoms with Crippen LogP contribution in [0.15, 0.2) is 47.4 Å². The van der Waals surface area contributed by atoms with E-state index in [0.29, 0.717) is 24.5 Å². The number of aryl methyl sites for hydroxylation is 1. The van der Waals surface area contributed by atoms with Gasteiger partial charge in [0.1, 0.15) is 12.4 Å². The molecule has 0 aliphatic heterocycles. The lowest BCUT2D eigenvalue weighted by Gasteiger charge is -2.08. The van der Waals surface area contributed by atoms with Crippen molar-refractivity contribution < 1.29 is 4.74 Å². The first-order chi connectivity index (χ1) is 9.19. The summed E-state index contributed by atoms with van der Waals surface area (Å²) in [6.45, 7) is 2.80. The van der Waals surface area contributed by atoms with E-state index in [1.807, 2.05) is 19.1 Å². The summed E-state index contributed by atoms with van der Waals surface area (Å²) in [5.41, 5.74) is 1.53. The lowest BCUT2D eigenvalue weighted by atomic mass is 10.2. The fourth-order valence-corrected chi connectivity index (χ4v) is 1.68. The van der Waals surface area contributed by atoms with Crippen molar-refractivity contribution in [1.29, 1.82) is 5.26 Å². The SMILES string of the molecule is Cc1ccn(CCOc2ccc(C#N)cc2)c(=O)c1. The molecule has 2 aromatic rings. The molecule has 4 nitrogen and oxygen atoms in total. The summed E-state index contributed by atoms with van der Waals surface area (Å²) in [7, 11) is 0. The number of pyridine rings is 1. The van der Waals surface area contributed by atoms with E-state index < -0.39 is 0 Å². The monoisotopic (exact) mass is 254 g/mol. The molecule has 2 rings (SSSR count). The van der Waals surface area contributed by atoms with Gasteiger partial charge in [0.25, 0.3) is 5.56 Å². The molecule has 1 aromatic heterocycles. The first kappa shape index (κ1) is 12.9. The molecule has 0 saturated heterocycles. The van der Waals surface area contributed by atoms with E-state index >= 15 is 0 Å². The summed E-state index contributed by atoms with van der Waals surface area (Å²) in [6.07, 6.45) is 1.76. The highest BCUT2D eigenvalue weighted by atomic mass is 16.5. The molecule has 0 aliphatic carbocycles. The lowest BCUT2D eigenvalue weighted by Crippen LogP contribution is -2.21. The number of aromatic nitrogens is 1. The van der Waals surface area contributed by atoms with Crippen LogP contribution in [-0.2, 0) is 6.54 Å². The second kappa shape index (κ2) is 5.87. The zero-order chi connectivity index (χ0) is 13.7. The number of nitriles is 1. The molecule has 0 aliphatic rings. The number of rotatable bonds is 4. The smallest absolute Gasteiger partial charge is 0.250 e. The Hall–Kier alpha value is -2.54. The summed E-state index contributed by atoms with van der Waals surface area (Å²) in [6, 6.07) is 12.4. The van der Waals surface area contributed by atoms with E-state index in [4.69, 9.17) is 10.00 Å². The Kier molecular flexibility index (Phi) is 3.99. The molecule has 19 heavy (non-hydrogen) atoms. The maximum Gasteiger partial charge on any atom is 0.250 e. The molecule has 1 aromatic carbocycles. The zero-order valence-corrected chi connectivity index (χ0v) is 10.7. The molecule has 0 atom stereocenters. The van der Waals surface area contributed by atoms with Gasteiger partial charge in [-0.15, -0.1) is 0 Å². The van der Waals surface area contributed by atoms with Crippen molar-refractivity contribution in [2.45, 2.75) is 13.5 Å². The van der Waals surface area contributed by atoms with Crippen molar-refractivity contribution in [1.82, 2.24) is 4.57 Å². The molecular weight excluding hydrogens is 240 g/mol. The van der Waals surface area contributed by atoms with Gasteiger partial charge in [0.15, 0.2) is 0 Å². The maximum absolute atomic E-state index is 11.6. The summed E-state index contributed by atoms with van der Waals surface area (Å²) < 4.78 is 7.13. The van der Waals surface area contributed by atoms with Gasteiger partial charge < -0.3 is 9.30 Å². The van der Waals surface area contributed by atoms with Crippen LogP contribution in [0.3, 0.4) is 0 Å². The third kappa shape index (κ3) is 3.46. The summed E-state index contributed by atoms with van der Waals surface area (Å²) in [5, 5.41) is 8.68. The Morgan fingerprint density at radius 2 is 2.00 bits per heavy atom. The summed E-state index contributed by atoms with van der Waals surface area (Å²) in [4.78, 5) is 11.6. The van der Waals surface area contributed by atoms with E-state index in [2.05, 4.69) is 0 Å². The van der Waals surface area contributed by atoms with Gasteiger partial charge in [-0.3, -0.25) is 4.79 Å². The minimum absolute atomic E-state index is 0.0246. The van der Waals surface area contributed by atoms with Gasteiger partial charge in [-0.2, -0.15) is 5.26 Å². The molecule has 0 N–H and O–H groups in total. The Labute approximate surface area is 111 Å². The topological polar surface area (TPSA) is 55.0 Å². The Morgan fingerprint density at radius 1 is 1.26 bits per heavy atom. The molecule has 0 spiro atoms. The largest absolute Gasteiger partial charge is 0.492 e. The van der Waals surface area contributed by atoms with Crippen LogP contribution >= 0.6 is 0 Å². The maximum atomic E-state index is 11.6. The van der Waals surface area contributed by atoms with Crippen LogP contribution in [0.5, 0.6) is 5.75 Å². The number of benzene rings is 1. The Balaban J connectivity index is 1.92. The fraction of sp³-hybridized carbons (Fsp3) is 0.200. The van der Waals surface area contributed by atoms with E-state index in [1.165, 1.54) is 0 Å². The first-order valence-electron chi connectivity index (χ1n) is 5.99. The lowest BCUT2D eigenvalue weighted by molar-refractivity contribution is 0.296. The normalized spacial score (nSPS) is 9.89.